The van der Waals surface area contributed by atoms with Gasteiger partial charge in [-0.15, -0.1) is 0 Å². The van der Waals surface area contributed by atoms with E-state index < -0.39 is 4.92 Å². The van der Waals surface area contributed by atoms with E-state index in [9.17, 15) is 14.9 Å². The van der Waals surface area contributed by atoms with Gasteiger partial charge in [-0.1, -0.05) is 12.1 Å². The van der Waals surface area contributed by atoms with Crippen LogP contribution >= 0.6 is 0 Å². The summed E-state index contributed by atoms with van der Waals surface area (Å²) in [5.41, 5.74) is 1.98. The Morgan fingerprint density at radius 2 is 1.96 bits per heavy atom. The van der Waals surface area contributed by atoms with E-state index in [1.54, 1.807) is 0 Å². The SMILES string of the molecule is CC(NC(=O)CCn1cc([N+](=O)[O-])cn1)c1ccc(-n2cccc2)cc1. The Kier molecular flexibility index (Phi) is 5.12. The molecule has 0 fully saturated rings. The van der Waals surface area contributed by atoms with E-state index in [2.05, 4.69) is 10.4 Å². The number of hydrogen-bond acceptors (Lipinski definition) is 4. The molecule has 0 saturated carbocycles. The molecule has 0 aliphatic carbocycles. The summed E-state index contributed by atoms with van der Waals surface area (Å²) in [6.45, 7) is 2.21. The van der Waals surface area contributed by atoms with Crippen LogP contribution in [0.25, 0.3) is 5.69 Å². The third-order valence-corrected chi connectivity index (χ3v) is 4.07. The molecule has 0 bridgehead atoms. The normalized spacial score (nSPS) is 11.9. The van der Waals surface area contributed by atoms with Gasteiger partial charge in [0.25, 0.3) is 0 Å². The third-order valence-electron chi connectivity index (χ3n) is 4.07. The molecule has 1 atom stereocenters. The monoisotopic (exact) mass is 353 g/mol. The number of carbonyl (C=O) groups is 1. The maximum atomic E-state index is 12.1. The molecule has 8 nitrogen and oxygen atoms in total. The van der Waals surface area contributed by atoms with E-state index in [0.29, 0.717) is 6.54 Å². The van der Waals surface area contributed by atoms with Crippen LogP contribution in [0.1, 0.15) is 24.9 Å². The lowest BCUT2D eigenvalue weighted by molar-refractivity contribution is -0.385. The van der Waals surface area contributed by atoms with Crippen molar-refractivity contribution in [2.75, 3.05) is 0 Å². The molecule has 8 heteroatoms. The highest BCUT2D eigenvalue weighted by Crippen LogP contribution is 2.16. The van der Waals surface area contributed by atoms with E-state index in [4.69, 9.17) is 0 Å². The predicted octanol–water partition coefficient (Wildman–Crippen LogP) is 2.85. The molecule has 3 rings (SSSR count). The van der Waals surface area contributed by atoms with Crippen LogP contribution in [-0.4, -0.2) is 25.2 Å². The first-order valence-corrected chi connectivity index (χ1v) is 8.22. The second-order valence-corrected chi connectivity index (χ2v) is 5.94. The molecule has 0 spiro atoms. The number of nitro groups is 1. The number of carbonyl (C=O) groups excluding carboxylic acids is 1. The summed E-state index contributed by atoms with van der Waals surface area (Å²) in [7, 11) is 0. The van der Waals surface area contributed by atoms with Crippen LogP contribution < -0.4 is 5.32 Å². The van der Waals surface area contributed by atoms with E-state index in [0.717, 1.165) is 11.3 Å². The zero-order valence-electron chi connectivity index (χ0n) is 14.3. The summed E-state index contributed by atoms with van der Waals surface area (Å²) in [6, 6.07) is 11.8. The van der Waals surface area contributed by atoms with Gasteiger partial charge in [-0.25, -0.2) is 0 Å². The summed E-state index contributed by atoms with van der Waals surface area (Å²) in [5.74, 6) is -0.134. The summed E-state index contributed by atoms with van der Waals surface area (Å²) in [6.07, 6.45) is 6.63. The van der Waals surface area contributed by atoms with Gasteiger partial charge in [-0.05, 0) is 36.8 Å². The molecule has 2 heterocycles. The van der Waals surface area contributed by atoms with Crippen LogP contribution in [0.4, 0.5) is 5.69 Å². The van der Waals surface area contributed by atoms with Gasteiger partial charge in [0.15, 0.2) is 0 Å². The second-order valence-electron chi connectivity index (χ2n) is 5.94. The molecule has 0 aliphatic rings. The molecular formula is C18H19N5O3. The Morgan fingerprint density at radius 3 is 2.58 bits per heavy atom. The standard InChI is InChI=1S/C18H19N5O3/c1-14(15-4-6-16(7-5-15)21-9-2-3-10-21)20-18(24)8-11-22-13-17(12-19-22)23(25)26/h2-7,9-10,12-14H,8,11H2,1H3,(H,20,24). The number of benzene rings is 1. The lowest BCUT2D eigenvalue weighted by Crippen LogP contribution is -2.27. The Balaban J connectivity index is 1.52. The first-order valence-electron chi connectivity index (χ1n) is 8.22. The number of nitrogens with one attached hydrogen (secondary N) is 1. The lowest BCUT2D eigenvalue weighted by Gasteiger charge is -2.15. The topological polar surface area (TPSA) is 95.0 Å². The van der Waals surface area contributed by atoms with Crippen molar-refractivity contribution >= 4 is 11.6 Å². The molecule has 0 saturated heterocycles. The molecular weight excluding hydrogens is 334 g/mol. The van der Waals surface area contributed by atoms with Gasteiger partial charge in [0.05, 0.1) is 11.0 Å². The fourth-order valence-electron chi connectivity index (χ4n) is 2.62. The van der Waals surface area contributed by atoms with Gasteiger partial charge < -0.3 is 9.88 Å². The van der Waals surface area contributed by atoms with Crippen molar-refractivity contribution < 1.29 is 9.72 Å². The van der Waals surface area contributed by atoms with Gasteiger partial charge >= 0.3 is 5.69 Å². The van der Waals surface area contributed by atoms with Gasteiger partial charge in [0.1, 0.15) is 12.4 Å². The molecule has 1 N–H and O–H groups in total. The Hall–Kier alpha value is -3.42. The Bertz CT molecular complexity index is 884. The van der Waals surface area contributed by atoms with Crippen molar-refractivity contribution in [3.8, 4) is 5.69 Å². The Morgan fingerprint density at radius 1 is 1.27 bits per heavy atom. The molecule has 1 unspecified atom stereocenters. The van der Waals surface area contributed by atoms with Crippen LogP contribution in [0.15, 0.2) is 61.2 Å². The fraction of sp³-hybridized carbons (Fsp3) is 0.222. The molecule has 0 aliphatic heterocycles. The van der Waals surface area contributed by atoms with E-state index in [1.165, 1.54) is 17.1 Å². The highest BCUT2D eigenvalue weighted by molar-refractivity contribution is 5.76. The summed E-state index contributed by atoms with van der Waals surface area (Å²) >= 11 is 0. The van der Waals surface area contributed by atoms with Crippen LogP contribution in [0.5, 0.6) is 0 Å². The minimum absolute atomic E-state index is 0.0819. The maximum absolute atomic E-state index is 12.1. The van der Waals surface area contributed by atoms with E-state index in [1.807, 2.05) is 60.3 Å². The van der Waals surface area contributed by atoms with Gasteiger partial charge in [0.2, 0.25) is 5.91 Å². The molecule has 1 aromatic carbocycles. The number of rotatable bonds is 7. The summed E-state index contributed by atoms with van der Waals surface area (Å²) in [5, 5.41) is 17.4. The minimum atomic E-state index is -0.511. The fourth-order valence-corrected chi connectivity index (χ4v) is 2.62. The molecule has 1 amide bonds. The van der Waals surface area contributed by atoms with Crippen molar-refractivity contribution in [2.24, 2.45) is 0 Å². The van der Waals surface area contributed by atoms with Crippen LogP contribution in [0, 0.1) is 10.1 Å². The van der Waals surface area contributed by atoms with E-state index >= 15 is 0 Å². The zero-order chi connectivity index (χ0) is 18.5. The van der Waals surface area contributed by atoms with Crippen molar-refractivity contribution in [3.05, 3.63) is 76.9 Å². The van der Waals surface area contributed by atoms with Crippen molar-refractivity contribution in [2.45, 2.75) is 25.9 Å². The zero-order valence-corrected chi connectivity index (χ0v) is 14.3. The number of aryl methyl sites for hydroxylation is 1. The molecule has 0 radical (unpaired) electrons. The summed E-state index contributed by atoms with van der Waals surface area (Å²) in [4.78, 5) is 22.2. The average Bonchev–Trinajstić information content (AvgIpc) is 3.32. The lowest BCUT2D eigenvalue weighted by atomic mass is 10.1. The van der Waals surface area contributed by atoms with Crippen molar-refractivity contribution in [1.82, 2.24) is 19.7 Å². The number of amides is 1. The molecule has 134 valence electrons. The third kappa shape index (κ3) is 4.15. The van der Waals surface area contributed by atoms with Crippen LogP contribution in [0.3, 0.4) is 0 Å². The summed E-state index contributed by atoms with van der Waals surface area (Å²) < 4.78 is 3.41. The predicted molar refractivity (Wildman–Crippen MR) is 95.8 cm³/mol. The highest BCUT2D eigenvalue weighted by atomic mass is 16.6. The average molecular weight is 353 g/mol. The Labute approximate surface area is 150 Å². The van der Waals surface area contributed by atoms with Gasteiger partial charge in [-0.3, -0.25) is 19.6 Å². The van der Waals surface area contributed by atoms with Crippen molar-refractivity contribution in [1.29, 1.82) is 0 Å². The highest BCUT2D eigenvalue weighted by Gasteiger charge is 2.12. The van der Waals surface area contributed by atoms with Gasteiger partial charge in [0, 0.05) is 31.0 Å². The first-order chi connectivity index (χ1) is 12.5. The molecule has 2 aromatic heterocycles. The number of nitrogens with zero attached hydrogens (tertiary/aromatic N) is 4. The quantitative estimate of drug-likeness (QED) is 0.522. The smallest absolute Gasteiger partial charge is 0.306 e. The molecule has 3 aromatic rings. The maximum Gasteiger partial charge on any atom is 0.306 e. The second kappa shape index (κ2) is 7.64. The van der Waals surface area contributed by atoms with Gasteiger partial charge in [-0.2, -0.15) is 5.10 Å². The van der Waals surface area contributed by atoms with Crippen LogP contribution in [-0.2, 0) is 11.3 Å². The van der Waals surface area contributed by atoms with E-state index in [-0.39, 0.29) is 24.1 Å². The van der Waals surface area contributed by atoms with Crippen LogP contribution in [0.2, 0.25) is 0 Å². The van der Waals surface area contributed by atoms with Crippen molar-refractivity contribution in [3.63, 3.8) is 0 Å². The first kappa shape index (κ1) is 17.4. The number of aromatic nitrogens is 3. The molecule has 26 heavy (non-hydrogen) atoms. The number of hydrogen-bond donors (Lipinski definition) is 1. The minimum Gasteiger partial charge on any atom is -0.350 e. The largest absolute Gasteiger partial charge is 0.350 e.